The second-order valence-electron chi connectivity index (χ2n) is 14.6. The van der Waals surface area contributed by atoms with Gasteiger partial charge in [-0.05, 0) is 82.5 Å². The van der Waals surface area contributed by atoms with Crippen LogP contribution in [0.1, 0.15) is 81.4 Å². The highest BCUT2D eigenvalue weighted by Crippen LogP contribution is 2.32. The van der Waals surface area contributed by atoms with E-state index in [0.717, 1.165) is 37.8 Å². The Morgan fingerprint density at radius 2 is 1.60 bits per heavy atom. The number of carbonyl (C=O) groups is 4. The summed E-state index contributed by atoms with van der Waals surface area (Å²) in [5, 5.41) is 7.66. The number of rotatable bonds is 15. The molecule has 4 amide bonds. The minimum Gasteiger partial charge on any atom is -0.344 e. The molecule has 0 aromatic heterocycles. The zero-order valence-electron chi connectivity index (χ0n) is 31.2. The summed E-state index contributed by atoms with van der Waals surface area (Å²) >= 11 is 0. The summed E-state index contributed by atoms with van der Waals surface area (Å²) in [5.41, 5.74) is 0.651. The van der Waals surface area contributed by atoms with Crippen LogP contribution in [0.2, 0.25) is 0 Å². The van der Waals surface area contributed by atoms with Crippen molar-refractivity contribution in [3.8, 4) is 0 Å². The van der Waals surface area contributed by atoms with E-state index in [-0.39, 0.29) is 23.9 Å². The van der Waals surface area contributed by atoms with Gasteiger partial charge in [0.1, 0.15) is 17.9 Å². The summed E-state index contributed by atoms with van der Waals surface area (Å²) in [5.74, 6) is -8.64. The van der Waals surface area contributed by atoms with Gasteiger partial charge < -0.3 is 30.7 Å². The third-order valence-corrected chi connectivity index (χ3v) is 10.4. The van der Waals surface area contributed by atoms with Crippen LogP contribution >= 0.6 is 0 Å². The van der Waals surface area contributed by atoms with Crippen LogP contribution in [0.5, 0.6) is 0 Å². The van der Waals surface area contributed by atoms with E-state index in [1.165, 1.54) is 24.3 Å². The first-order chi connectivity index (χ1) is 24.7. The first kappa shape index (κ1) is 40.8. The Hall–Kier alpha value is -3.97. The number of piperazine rings is 1. The van der Waals surface area contributed by atoms with Gasteiger partial charge in [-0.15, -0.1) is 0 Å². The van der Waals surface area contributed by atoms with Crippen molar-refractivity contribution in [1.29, 1.82) is 0 Å². The topological polar surface area (TPSA) is 114 Å². The number of likely N-dealkylation sites (N-methyl/N-ethyl adjacent to an activating group) is 1. The van der Waals surface area contributed by atoms with Crippen molar-refractivity contribution in [2.45, 2.75) is 89.1 Å². The van der Waals surface area contributed by atoms with Gasteiger partial charge in [0.05, 0.1) is 5.69 Å². The van der Waals surface area contributed by atoms with Crippen molar-refractivity contribution in [1.82, 2.24) is 25.3 Å². The zero-order chi connectivity index (χ0) is 38.0. The Morgan fingerprint density at radius 3 is 2.19 bits per heavy atom. The fourth-order valence-corrected chi connectivity index (χ4v) is 6.93. The smallest absolute Gasteiger partial charge is 0.344 e. The predicted octanol–water partition coefficient (Wildman–Crippen LogP) is 4.89. The van der Waals surface area contributed by atoms with Gasteiger partial charge in [-0.3, -0.25) is 19.2 Å². The van der Waals surface area contributed by atoms with Gasteiger partial charge >= 0.3 is 5.92 Å². The first-order valence-electron chi connectivity index (χ1n) is 18.5. The number of benzene rings is 2. The molecule has 1 heterocycles. The first-order valence-corrected chi connectivity index (χ1v) is 18.5. The fourth-order valence-electron chi connectivity index (χ4n) is 6.93. The third kappa shape index (κ3) is 10.8. The molecule has 13 heteroatoms. The van der Waals surface area contributed by atoms with Crippen LogP contribution in [-0.4, -0.2) is 104 Å². The molecule has 286 valence electrons. The van der Waals surface area contributed by atoms with E-state index in [2.05, 4.69) is 20.9 Å². The van der Waals surface area contributed by atoms with Crippen LogP contribution in [0.25, 0.3) is 0 Å². The number of nitrogens with zero attached hydrogens (tertiary/aromatic N) is 3. The SMILES string of the molecule is CCC(=O)N[C@@H](C(=O)N1CCN(C)CC1)[C@@H](C)c1ccc(NC(=O)[C@@H](NC(=O)C(F)(F)c2ccc(CCCN(C)C)cc2)C2CCCCC2)c(F)c1. The highest BCUT2D eigenvalue weighted by atomic mass is 19.3. The molecule has 1 saturated heterocycles. The van der Waals surface area contributed by atoms with E-state index in [1.54, 1.807) is 36.9 Å². The molecule has 2 aliphatic rings. The lowest BCUT2D eigenvalue weighted by Gasteiger charge is -2.36. The number of nitrogens with one attached hydrogen (secondary N) is 3. The predicted molar refractivity (Wildman–Crippen MR) is 195 cm³/mol. The van der Waals surface area contributed by atoms with Crippen molar-refractivity contribution < 1.29 is 32.3 Å². The molecule has 0 radical (unpaired) electrons. The molecule has 2 aromatic rings. The van der Waals surface area contributed by atoms with E-state index in [0.29, 0.717) is 51.0 Å². The normalized spacial score (nSPS) is 17.7. The number of aryl methyl sites for hydroxylation is 1. The highest BCUT2D eigenvalue weighted by Gasteiger charge is 2.44. The summed E-state index contributed by atoms with van der Waals surface area (Å²) in [6, 6.07) is 7.56. The van der Waals surface area contributed by atoms with Crippen LogP contribution in [0, 0.1) is 11.7 Å². The van der Waals surface area contributed by atoms with E-state index in [9.17, 15) is 19.2 Å². The Bertz CT molecular complexity index is 1520. The van der Waals surface area contributed by atoms with Gasteiger partial charge in [-0.2, -0.15) is 8.78 Å². The van der Waals surface area contributed by atoms with Gasteiger partial charge in [0.25, 0.3) is 5.91 Å². The summed E-state index contributed by atoms with van der Waals surface area (Å²) in [6.07, 6.45) is 5.33. The maximum absolute atomic E-state index is 15.7. The third-order valence-electron chi connectivity index (χ3n) is 10.4. The monoisotopic (exact) mass is 728 g/mol. The van der Waals surface area contributed by atoms with Gasteiger partial charge in [0.2, 0.25) is 17.7 Å². The lowest BCUT2D eigenvalue weighted by atomic mass is 9.83. The molecule has 0 bridgehead atoms. The van der Waals surface area contributed by atoms with E-state index >= 15 is 13.2 Å². The molecule has 0 spiro atoms. The van der Waals surface area contributed by atoms with Crippen molar-refractivity contribution in [2.75, 3.05) is 59.2 Å². The zero-order valence-corrected chi connectivity index (χ0v) is 31.2. The maximum Gasteiger partial charge on any atom is 0.349 e. The van der Waals surface area contributed by atoms with E-state index in [1.807, 2.05) is 26.0 Å². The second kappa shape index (κ2) is 18.7. The van der Waals surface area contributed by atoms with E-state index in [4.69, 9.17) is 0 Å². The lowest BCUT2D eigenvalue weighted by molar-refractivity contribution is -0.149. The largest absolute Gasteiger partial charge is 0.349 e. The van der Waals surface area contributed by atoms with Crippen LogP contribution in [0.4, 0.5) is 18.9 Å². The summed E-state index contributed by atoms with van der Waals surface area (Å²) in [7, 11) is 5.90. The van der Waals surface area contributed by atoms with Gasteiger partial charge in [0, 0.05) is 44.1 Å². The van der Waals surface area contributed by atoms with Crippen molar-refractivity contribution in [3.63, 3.8) is 0 Å². The van der Waals surface area contributed by atoms with Crippen molar-refractivity contribution in [2.24, 2.45) is 5.92 Å². The molecule has 3 atom stereocenters. The summed E-state index contributed by atoms with van der Waals surface area (Å²) in [6.45, 7) is 6.68. The lowest BCUT2D eigenvalue weighted by Crippen LogP contribution is -2.55. The molecular formula is C39H55F3N6O4. The molecule has 1 saturated carbocycles. The Balaban J connectivity index is 1.49. The quantitative estimate of drug-likeness (QED) is 0.241. The summed E-state index contributed by atoms with van der Waals surface area (Å²) < 4.78 is 46.7. The van der Waals surface area contributed by atoms with Gasteiger partial charge in [0.15, 0.2) is 0 Å². The molecule has 2 fully saturated rings. The Morgan fingerprint density at radius 1 is 0.942 bits per heavy atom. The second-order valence-corrected chi connectivity index (χ2v) is 14.6. The van der Waals surface area contributed by atoms with Crippen LogP contribution in [0.3, 0.4) is 0 Å². The standard InChI is InChI=1S/C39H55F3N6O4/c1-6-33(49)44-34(37(51)48-23-21-47(5)22-24-48)26(2)29-16-19-32(31(40)25-29)43-36(50)35(28-12-8-7-9-13-28)45-38(52)39(41,42)30-17-14-27(15-18-30)11-10-20-46(3)4/h14-19,25-26,28,34-35H,6-13,20-24H2,1-5H3,(H,43,50)(H,44,49)(H,45,52)/t26-,34+,35-/m0/s1. The van der Waals surface area contributed by atoms with Gasteiger partial charge in [-0.25, -0.2) is 4.39 Å². The molecule has 2 aromatic carbocycles. The van der Waals surface area contributed by atoms with Crippen LogP contribution in [0.15, 0.2) is 42.5 Å². The number of anilines is 1. The molecule has 10 nitrogen and oxygen atoms in total. The Kier molecular flexibility index (Phi) is 14.7. The average Bonchev–Trinajstić information content (AvgIpc) is 3.13. The number of hydrogen-bond acceptors (Lipinski definition) is 6. The number of halogens is 3. The molecule has 4 rings (SSSR count). The Labute approximate surface area is 305 Å². The van der Waals surface area contributed by atoms with Crippen LogP contribution in [-0.2, 0) is 31.5 Å². The van der Waals surface area contributed by atoms with Crippen molar-refractivity contribution in [3.05, 3.63) is 65.0 Å². The highest BCUT2D eigenvalue weighted by molar-refractivity contribution is 5.98. The molecule has 1 aliphatic heterocycles. The van der Waals surface area contributed by atoms with Crippen molar-refractivity contribution >= 4 is 29.3 Å². The molecular weight excluding hydrogens is 673 g/mol. The number of amides is 4. The van der Waals surface area contributed by atoms with E-state index < -0.39 is 53.0 Å². The number of carbonyl (C=O) groups excluding carboxylic acids is 4. The molecule has 3 N–H and O–H groups in total. The molecule has 1 aliphatic carbocycles. The number of alkyl halides is 2. The fraction of sp³-hybridized carbons (Fsp3) is 0.590. The minimum absolute atomic E-state index is 0.173. The van der Waals surface area contributed by atoms with Gasteiger partial charge in [-0.1, -0.05) is 63.4 Å². The summed E-state index contributed by atoms with van der Waals surface area (Å²) in [4.78, 5) is 58.7. The molecule has 52 heavy (non-hydrogen) atoms. The minimum atomic E-state index is -3.90. The maximum atomic E-state index is 15.7. The van der Waals surface area contributed by atoms with Crippen LogP contribution < -0.4 is 16.0 Å². The molecule has 0 unspecified atom stereocenters. The average molecular weight is 729 g/mol. The number of hydrogen-bond donors (Lipinski definition) is 3.